The summed E-state index contributed by atoms with van der Waals surface area (Å²) in [5, 5.41) is 8.76. The highest BCUT2D eigenvalue weighted by atomic mass is 16.5. The molecule has 0 aliphatic carbocycles. The molecule has 26 heavy (non-hydrogen) atoms. The van der Waals surface area contributed by atoms with Gasteiger partial charge in [-0.1, -0.05) is 24.3 Å². The molecule has 0 amide bonds. The maximum absolute atomic E-state index is 11.8. The van der Waals surface area contributed by atoms with Crippen LogP contribution in [-0.4, -0.2) is 38.5 Å². The highest BCUT2D eigenvalue weighted by Gasteiger charge is 2.16. The van der Waals surface area contributed by atoms with Gasteiger partial charge in [-0.25, -0.2) is 0 Å². The van der Waals surface area contributed by atoms with E-state index in [1.54, 1.807) is 14.2 Å². The maximum Gasteiger partial charge on any atom is 0.305 e. The second-order valence-corrected chi connectivity index (χ2v) is 6.01. The molecule has 0 radical (unpaired) electrons. The van der Waals surface area contributed by atoms with Crippen LogP contribution in [0.2, 0.25) is 0 Å². The zero-order valence-corrected chi connectivity index (χ0v) is 15.3. The molecule has 2 aromatic rings. The number of methoxy groups -OCH3 is 2. The Labute approximate surface area is 154 Å². The summed E-state index contributed by atoms with van der Waals surface area (Å²) in [6, 6.07) is 15.9. The van der Waals surface area contributed by atoms with Crippen molar-refractivity contribution >= 4 is 5.97 Å². The molecule has 0 aromatic heterocycles. The molecule has 0 aliphatic rings. The molecule has 0 bridgehead atoms. The van der Waals surface area contributed by atoms with Gasteiger partial charge in [-0.15, -0.1) is 0 Å². The fourth-order valence-electron chi connectivity index (χ4n) is 2.83. The zero-order valence-electron chi connectivity index (χ0n) is 15.3. The molecule has 0 spiro atoms. The molecule has 1 N–H and O–H groups in total. The van der Waals surface area contributed by atoms with Crippen molar-refractivity contribution in [2.24, 2.45) is 0 Å². The Morgan fingerprint density at radius 2 is 1.54 bits per heavy atom. The Hall–Kier alpha value is -2.53. The van der Waals surface area contributed by atoms with Crippen LogP contribution in [0.3, 0.4) is 0 Å². The first-order chi connectivity index (χ1) is 12.7. The number of benzene rings is 2. The number of carbonyl (C=O) groups is 1. The van der Waals surface area contributed by atoms with Gasteiger partial charge in [0.25, 0.3) is 0 Å². The van der Waals surface area contributed by atoms with Gasteiger partial charge in [-0.05, 0) is 54.2 Å². The van der Waals surface area contributed by atoms with E-state index in [0.29, 0.717) is 12.8 Å². The second-order valence-electron chi connectivity index (χ2n) is 6.01. The van der Waals surface area contributed by atoms with Crippen LogP contribution < -0.4 is 9.47 Å². The summed E-state index contributed by atoms with van der Waals surface area (Å²) >= 11 is 0. The molecule has 0 saturated heterocycles. The summed E-state index contributed by atoms with van der Waals surface area (Å²) in [5.41, 5.74) is 2.33. The van der Waals surface area contributed by atoms with E-state index in [9.17, 15) is 4.79 Å². The highest BCUT2D eigenvalue weighted by molar-refractivity contribution is 5.69. The molecule has 5 nitrogen and oxygen atoms in total. The number of aliphatic hydroxyl groups excluding tert-OH is 1. The summed E-state index contributed by atoms with van der Waals surface area (Å²) in [7, 11) is 3.29. The summed E-state index contributed by atoms with van der Waals surface area (Å²) in [6.45, 7) is -0.107. The van der Waals surface area contributed by atoms with Crippen LogP contribution in [0.25, 0.3) is 0 Å². The smallest absolute Gasteiger partial charge is 0.305 e. The lowest BCUT2D eigenvalue weighted by atomic mass is 9.88. The first-order valence-corrected chi connectivity index (χ1v) is 8.69. The predicted molar refractivity (Wildman–Crippen MR) is 99.7 cm³/mol. The molecule has 0 heterocycles. The Morgan fingerprint density at radius 3 is 2.08 bits per heavy atom. The third-order valence-corrected chi connectivity index (χ3v) is 4.28. The summed E-state index contributed by atoms with van der Waals surface area (Å²) in [6.07, 6.45) is 1.79. The largest absolute Gasteiger partial charge is 0.497 e. The molecule has 0 saturated carbocycles. The minimum Gasteiger partial charge on any atom is -0.497 e. The van der Waals surface area contributed by atoms with Crippen molar-refractivity contribution < 1.29 is 24.1 Å². The molecular weight excluding hydrogens is 332 g/mol. The minimum atomic E-state index is -0.285. The van der Waals surface area contributed by atoms with E-state index >= 15 is 0 Å². The van der Waals surface area contributed by atoms with Crippen molar-refractivity contribution in [1.82, 2.24) is 0 Å². The SMILES string of the molecule is COc1ccc(CC(CCC(=O)OCCO)c2ccc(OC)cc2)cc1. The first kappa shape index (κ1) is 19.8. The van der Waals surface area contributed by atoms with Crippen LogP contribution >= 0.6 is 0 Å². The number of ether oxygens (including phenoxy) is 3. The van der Waals surface area contributed by atoms with Gasteiger partial charge < -0.3 is 19.3 Å². The van der Waals surface area contributed by atoms with Gasteiger partial charge in [0.05, 0.1) is 20.8 Å². The van der Waals surface area contributed by atoms with Crippen LogP contribution in [0, 0.1) is 0 Å². The molecule has 140 valence electrons. The lowest BCUT2D eigenvalue weighted by molar-refractivity contribution is -0.144. The molecule has 5 heteroatoms. The minimum absolute atomic E-state index is 0.0461. The maximum atomic E-state index is 11.8. The van der Waals surface area contributed by atoms with Gasteiger partial charge in [0.2, 0.25) is 0 Å². The van der Waals surface area contributed by atoms with Crippen molar-refractivity contribution in [1.29, 1.82) is 0 Å². The molecule has 0 fully saturated rings. The fourth-order valence-corrected chi connectivity index (χ4v) is 2.83. The number of rotatable bonds is 10. The number of hydrogen-bond donors (Lipinski definition) is 1. The number of esters is 1. The third-order valence-electron chi connectivity index (χ3n) is 4.28. The number of aliphatic hydroxyl groups is 1. The van der Waals surface area contributed by atoms with E-state index in [2.05, 4.69) is 0 Å². The van der Waals surface area contributed by atoms with E-state index < -0.39 is 0 Å². The molecule has 2 rings (SSSR count). The highest BCUT2D eigenvalue weighted by Crippen LogP contribution is 2.28. The van der Waals surface area contributed by atoms with Gasteiger partial charge in [-0.3, -0.25) is 4.79 Å². The first-order valence-electron chi connectivity index (χ1n) is 8.69. The monoisotopic (exact) mass is 358 g/mol. The van der Waals surface area contributed by atoms with Crippen molar-refractivity contribution in [3.63, 3.8) is 0 Å². The Bertz CT molecular complexity index is 664. The zero-order chi connectivity index (χ0) is 18.8. The molecular formula is C21H26O5. The van der Waals surface area contributed by atoms with E-state index in [-0.39, 0.29) is 25.1 Å². The van der Waals surface area contributed by atoms with Crippen LogP contribution in [0.5, 0.6) is 11.5 Å². The van der Waals surface area contributed by atoms with Crippen molar-refractivity contribution in [2.75, 3.05) is 27.4 Å². The van der Waals surface area contributed by atoms with E-state index in [0.717, 1.165) is 23.5 Å². The second kappa shape index (κ2) is 10.5. The van der Waals surface area contributed by atoms with Crippen LogP contribution in [0.1, 0.15) is 29.9 Å². The molecule has 1 atom stereocenters. The summed E-state index contributed by atoms with van der Waals surface area (Å²) < 4.78 is 15.4. The quantitative estimate of drug-likeness (QED) is 0.660. The van der Waals surface area contributed by atoms with Gasteiger partial charge in [0.1, 0.15) is 18.1 Å². The van der Waals surface area contributed by atoms with Crippen molar-refractivity contribution in [3.05, 3.63) is 59.7 Å². The number of hydrogen-bond acceptors (Lipinski definition) is 5. The Balaban J connectivity index is 2.09. The van der Waals surface area contributed by atoms with Crippen molar-refractivity contribution in [2.45, 2.75) is 25.2 Å². The summed E-state index contributed by atoms with van der Waals surface area (Å²) in [5.74, 6) is 1.52. The lowest BCUT2D eigenvalue weighted by Crippen LogP contribution is -2.11. The average molecular weight is 358 g/mol. The Morgan fingerprint density at radius 1 is 0.962 bits per heavy atom. The Kier molecular flexibility index (Phi) is 7.96. The fraction of sp³-hybridized carbons (Fsp3) is 0.381. The lowest BCUT2D eigenvalue weighted by Gasteiger charge is -2.18. The average Bonchev–Trinajstić information content (AvgIpc) is 2.70. The molecule has 1 unspecified atom stereocenters. The van der Waals surface area contributed by atoms with Crippen LogP contribution in [-0.2, 0) is 16.0 Å². The standard InChI is InChI=1S/C21H26O5/c1-24-19-8-3-16(4-9-19)15-18(7-12-21(23)26-14-13-22)17-5-10-20(25-2)11-6-17/h3-6,8-11,18,22H,7,12-15H2,1-2H3. The predicted octanol–water partition coefficient (Wildman–Crippen LogP) is 3.35. The molecule has 0 aliphatic heterocycles. The van der Waals surface area contributed by atoms with Gasteiger partial charge >= 0.3 is 5.97 Å². The van der Waals surface area contributed by atoms with Gasteiger partial charge in [-0.2, -0.15) is 0 Å². The van der Waals surface area contributed by atoms with E-state index in [1.165, 1.54) is 5.56 Å². The number of carbonyl (C=O) groups excluding carboxylic acids is 1. The van der Waals surface area contributed by atoms with E-state index in [4.69, 9.17) is 19.3 Å². The molecule has 2 aromatic carbocycles. The normalized spacial score (nSPS) is 11.7. The van der Waals surface area contributed by atoms with Gasteiger partial charge in [0.15, 0.2) is 0 Å². The van der Waals surface area contributed by atoms with Crippen molar-refractivity contribution in [3.8, 4) is 11.5 Å². The van der Waals surface area contributed by atoms with E-state index in [1.807, 2.05) is 48.5 Å². The van der Waals surface area contributed by atoms with Gasteiger partial charge in [0, 0.05) is 6.42 Å². The van der Waals surface area contributed by atoms with Crippen LogP contribution in [0.4, 0.5) is 0 Å². The summed E-state index contributed by atoms with van der Waals surface area (Å²) in [4.78, 5) is 11.8. The third kappa shape index (κ3) is 6.08. The topological polar surface area (TPSA) is 65.0 Å². The van der Waals surface area contributed by atoms with Crippen LogP contribution in [0.15, 0.2) is 48.5 Å².